The molecule has 2 atom stereocenters. The molecule has 0 radical (unpaired) electrons. The third-order valence-corrected chi connectivity index (χ3v) is 2.51. The molecule has 0 saturated heterocycles. The van der Waals surface area contributed by atoms with Gasteiger partial charge < -0.3 is 10.4 Å². The minimum Gasteiger partial charge on any atom is -0.481 e. The molecule has 5 nitrogen and oxygen atoms in total. The molecule has 1 rings (SSSR count). The molecule has 15 heavy (non-hydrogen) atoms. The van der Waals surface area contributed by atoms with Crippen LogP contribution in [0.3, 0.4) is 0 Å². The Morgan fingerprint density at radius 1 is 1.60 bits per heavy atom. The monoisotopic (exact) mass is 211 g/mol. The third-order valence-electron chi connectivity index (χ3n) is 2.51. The van der Waals surface area contributed by atoms with E-state index in [0.717, 1.165) is 13.1 Å². The Morgan fingerprint density at radius 3 is 2.87 bits per heavy atom. The van der Waals surface area contributed by atoms with Gasteiger partial charge in [-0.15, -0.1) is 0 Å². The molecule has 0 amide bonds. The fourth-order valence-electron chi connectivity index (χ4n) is 1.23. The van der Waals surface area contributed by atoms with Crippen molar-refractivity contribution in [3.63, 3.8) is 0 Å². The molecule has 0 saturated carbocycles. The standard InChI is InChI=1S/C10H17N3O2/c1-8(10(14)15)9(2)11-5-7-13-6-3-4-12-13/h3-4,6,8-9,11H,5,7H2,1-2H3,(H,14,15). The summed E-state index contributed by atoms with van der Waals surface area (Å²) in [6.07, 6.45) is 3.61. The van der Waals surface area contributed by atoms with E-state index >= 15 is 0 Å². The second-order valence-corrected chi connectivity index (χ2v) is 3.64. The lowest BCUT2D eigenvalue weighted by Gasteiger charge is -2.17. The predicted octanol–water partition coefficient (Wildman–Crippen LogP) is 0.582. The highest BCUT2D eigenvalue weighted by Crippen LogP contribution is 2.01. The lowest BCUT2D eigenvalue weighted by molar-refractivity contribution is -0.141. The van der Waals surface area contributed by atoms with Crippen LogP contribution in [-0.2, 0) is 11.3 Å². The van der Waals surface area contributed by atoms with Crippen molar-refractivity contribution < 1.29 is 9.90 Å². The summed E-state index contributed by atoms with van der Waals surface area (Å²) in [5.41, 5.74) is 0. The van der Waals surface area contributed by atoms with E-state index < -0.39 is 5.97 Å². The van der Waals surface area contributed by atoms with Crippen LogP contribution in [0.2, 0.25) is 0 Å². The quantitative estimate of drug-likeness (QED) is 0.722. The number of carboxylic acids is 1. The molecule has 2 unspecified atom stereocenters. The van der Waals surface area contributed by atoms with Gasteiger partial charge in [0.05, 0.1) is 12.5 Å². The average Bonchev–Trinajstić information content (AvgIpc) is 2.69. The fraction of sp³-hybridized carbons (Fsp3) is 0.600. The molecule has 0 bridgehead atoms. The third kappa shape index (κ3) is 3.71. The molecule has 0 spiro atoms. The van der Waals surface area contributed by atoms with Crippen molar-refractivity contribution >= 4 is 5.97 Å². The minimum atomic E-state index is -0.769. The van der Waals surface area contributed by atoms with Crippen LogP contribution in [0.4, 0.5) is 0 Å². The maximum absolute atomic E-state index is 10.7. The maximum atomic E-state index is 10.7. The summed E-state index contributed by atoms with van der Waals surface area (Å²) in [7, 11) is 0. The highest BCUT2D eigenvalue weighted by atomic mass is 16.4. The second-order valence-electron chi connectivity index (χ2n) is 3.64. The van der Waals surface area contributed by atoms with E-state index in [9.17, 15) is 4.79 Å². The molecule has 5 heteroatoms. The van der Waals surface area contributed by atoms with Crippen LogP contribution in [0, 0.1) is 5.92 Å². The molecule has 0 fully saturated rings. The summed E-state index contributed by atoms with van der Waals surface area (Å²) in [5.74, 6) is -1.14. The van der Waals surface area contributed by atoms with Crippen LogP contribution in [0.1, 0.15) is 13.8 Å². The van der Waals surface area contributed by atoms with Gasteiger partial charge in [-0.05, 0) is 13.0 Å². The number of carbonyl (C=O) groups is 1. The van der Waals surface area contributed by atoms with Crippen molar-refractivity contribution in [1.29, 1.82) is 0 Å². The number of rotatable bonds is 6. The van der Waals surface area contributed by atoms with Crippen molar-refractivity contribution in [2.75, 3.05) is 6.54 Å². The molecule has 84 valence electrons. The molecule has 1 heterocycles. The molecular weight excluding hydrogens is 194 g/mol. The normalized spacial score (nSPS) is 14.8. The van der Waals surface area contributed by atoms with Crippen LogP contribution in [-0.4, -0.2) is 33.4 Å². The first kappa shape index (κ1) is 11.7. The van der Waals surface area contributed by atoms with Crippen molar-refractivity contribution in [3.8, 4) is 0 Å². The predicted molar refractivity (Wildman–Crippen MR) is 56.5 cm³/mol. The van der Waals surface area contributed by atoms with Crippen LogP contribution in [0.25, 0.3) is 0 Å². The van der Waals surface area contributed by atoms with Gasteiger partial charge in [0.2, 0.25) is 0 Å². The number of carboxylic acid groups (broad SMARTS) is 1. The first-order chi connectivity index (χ1) is 7.11. The zero-order chi connectivity index (χ0) is 11.3. The van der Waals surface area contributed by atoms with E-state index in [0.29, 0.717) is 0 Å². The Balaban J connectivity index is 2.22. The van der Waals surface area contributed by atoms with Crippen LogP contribution in [0.5, 0.6) is 0 Å². The highest BCUT2D eigenvalue weighted by Gasteiger charge is 2.18. The molecule has 0 aromatic carbocycles. The number of nitrogens with zero attached hydrogens (tertiary/aromatic N) is 2. The number of hydrogen-bond donors (Lipinski definition) is 2. The average molecular weight is 211 g/mol. The summed E-state index contributed by atoms with van der Waals surface area (Å²) in [4.78, 5) is 10.7. The Bertz CT molecular complexity index is 298. The van der Waals surface area contributed by atoms with Crippen LogP contribution >= 0.6 is 0 Å². The van der Waals surface area contributed by atoms with Crippen molar-refractivity contribution in [3.05, 3.63) is 18.5 Å². The molecule has 1 aromatic rings. The van der Waals surface area contributed by atoms with Crippen molar-refractivity contribution in [2.24, 2.45) is 5.92 Å². The summed E-state index contributed by atoms with van der Waals surface area (Å²) < 4.78 is 1.81. The van der Waals surface area contributed by atoms with E-state index in [1.165, 1.54) is 0 Å². The van der Waals surface area contributed by atoms with E-state index in [1.807, 2.05) is 23.9 Å². The Hall–Kier alpha value is -1.36. The maximum Gasteiger partial charge on any atom is 0.307 e. The zero-order valence-electron chi connectivity index (χ0n) is 9.05. The number of hydrogen-bond acceptors (Lipinski definition) is 3. The van der Waals surface area contributed by atoms with Gasteiger partial charge >= 0.3 is 5.97 Å². The number of aliphatic carboxylic acids is 1. The van der Waals surface area contributed by atoms with Gasteiger partial charge in [-0.2, -0.15) is 5.10 Å². The van der Waals surface area contributed by atoms with Gasteiger partial charge in [0, 0.05) is 25.0 Å². The van der Waals surface area contributed by atoms with E-state index in [1.54, 1.807) is 13.1 Å². The largest absolute Gasteiger partial charge is 0.481 e. The van der Waals surface area contributed by atoms with Crippen molar-refractivity contribution in [2.45, 2.75) is 26.4 Å². The first-order valence-corrected chi connectivity index (χ1v) is 5.05. The summed E-state index contributed by atoms with van der Waals surface area (Å²) in [6.45, 7) is 5.06. The Kier molecular flexibility index (Phi) is 4.30. The number of aromatic nitrogens is 2. The van der Waals surface area contributed by atoms with Gasteiger partial charge in [-0.1, -0.05) is 6.92 Å². The number of nitrogens with one attached hydrogen (secondary N) is 1. The Labute approximate surface area is 89.1 Å². The minimum absolute atomic E-state index is 0.0296. The lowest BCUT2D eigenvalue weighted by atomic mass is 10.0. The van der Waals surface area contributed by atoms with E-state index in [2.05, 4.69) is 10.4 Å². The summed E-state index contributed by atoms with van der Waals surface area (Å²) in [5, 5.41) is 16.0. The topological polar surface area (TPSA) is 67.2 Å². The smallest absolute Gasteiger partial charge is 0.307 e. The van der Waals surface area contributed by atoms with Gasteiger partial charge in [0.25, 0.3) is 0 Å². The van der Waals surface area contributed by atoms with Crippen LogP contribution < -0.4 is 5.32 Å². The molecular formula is C10H17N3O2. The van der Waals surface area contributed by atoms with E-state index in [-0.39, 0.29) is 12.0 Å². The zero-order valence-corrected chi connectivity index (χ0v) is 9.05. The van der Waals surface area contributed by atoms with Gasteiger partial charge in [-0.3, -0.25) is 9.48 Å². The summed E-state index contributed by atoms with van der Waals surface area (Å²) >= 11 is 0. The van der Waals surface area contributed by atoms with E-state index in [4.69, 9.17) is 5.11 Å². The first-order valence-electron chi connectivity index (χ1n) is 5.05. The molecule has 2 N–H and O–H groups in total. The highest BCUT2D eigenvalue weighted by molar-refractivity contribution is 5.70. The Morgan fingerprint density at radius 2 is 2.33 bits per heavy atom. The van der Waals surface area contributed by atoms with Crippen molar-refractivity contribution in [1.82, 2.24) is 15.1 Å². The van der Waals surface area contributed by atoms with Gasteiger partial charge in [0.15, 0.2) is 0 Å². The molecule has 0 aliphatic rings. The summed E-state index contributed by atoms with van der Waals surface area (Å²) in [6, 6.07) is 1.83. The molecule has 0 aliphatic carbocycles. The van der Waals surface area contributed by atoms with Gasteiger partial charge in [0.1, 0.15) is 0 Å². The fourth-order valence-corrected chi connectivity index (χ4v) is 1.23. The van der Waals surface area contributed by atoms with Gasteiger partial charge in [-0.25, -0.2) is 0 Å². The van der Waals surface area contributed by atoms with Crippen LogP contribution in [0.15, 0.2) is 18.5 Å². The lowest BCUT2D eigenvalue weighted by Crippen LogP contribution is -2.37. The SMILES string of the molecule is CC(NCCn1cccn1)C(C)C(=O)O. The molecule has 1 aromatic heterocycles. The molecule has 0 aliphatic heterocycles. The second kappa shape index (κ2) is 5.50.